The molecule has 0 saturated heterocycles. The molecule has 0 unspecified atom stereocenters. The van der Waals surface area contributed by atoms with E-state index in [9.17, 15) is 9.59 Å². The summed E-state index contributed by atoms with van der Waals surface area (Å²) in [5, 5.41) is 35.4. The first kappa shape index (κ1) is 89.7. The van der Waals surface area contributed by atoms with Crippen LogP contribution in [0.2, 0.25) is 0 Å². The Bertz CT molecular complexity index is 7430. The number of hydrogen-bond donors (Lipinski definition) is 2. The first-order valence-electron chi connectivity index (χ1n) is 43.1. The monoisotopic (exact) mass is 2370 g/mol. The number of allylic oxidation sites excluding steroid dienone is 4. The van der Waals surface area contributed by atoms with Crippen LogP contribution in [0.15, 0.2) is 428 Å². The summed E-state index contributed by atoms with van der Waals surface area (Å²) in [5.41, 5.74) is 20.6. The van der Waals surface area contributed by atoms with Crippen LogP contribution >= 0.6 is 70.6 Å². The van der Waals surface area contributed by atoms with Gasteiger partial charge in [0, 0.05) is 102 Å². The number of rotatable bonds is 5. The molecule has 6 aliphatic rings. The number of pyridine rings is 3. The predicted octanol–water partition coefficient (Wildman–Crippen LogP) is 30.3. The molecule has 19 heteroatoms. The van der Waals surface area contributed by atoms with Crippen molar-refractivity contribution in [1.82, 2.24) is 15.0 Å². The van der Waals surface area contributed by atoms with Crippen molar-refractivity contribution < 1.29 is 80.1 Å². The molecule has 0 atom stereocenters. The van der Waals surface area contributed by atoms with E-state index in [-0.39, 0.29) is 90.1 Å². The summed E-state index contributed by atoms with van der Waals surface area (Å²) in [6.07, 6.45) is 2.33. The van der Waals surface area contributed by atoms with E-state index in [1.807, 2.05) is 82.7 Å². The van der Waals surface area contributed by atoms with Crippen LogP contribution in [0.5, 0.6) is 0 Å². The van der Waals surface area contributed by atoms with Gasteiger partial charge in [0.1, 0.15) is 0 Å². The molecule has 2 N–H and O–H groups in total. The summed E-state index contributed by atoms with van der Waals surface area (Å²) in [6, 6.07) is 136. The second-order valence-corrected chi connectivity index (χ2v) is 39.5. The molecule has 0 aliphatic carbocycles. The molecule has 9 heterocycles. The van der Waals surface area contributed by atoms with Crippen LogP contribution in [0.4, 0.5) is 34.1 Å². The van der Waals surface area contributed by atoms with E-state index < -0.39 is 0 Å². The topological polar surface area (TPSA) is 120 Å². The van der Waals surface area contributed by atoms with Gasteiger partial charge in [-0.25, -0.2) is 0 Å². The standard InChI is InChI=1S/C35H19BNS2.2C35H19N2S2.2C5H8O2.3Ir/c1-3-10-24-17-31-27(15-22(24)8-1)36-28-16-23-9-2-4-11-25(23)18-32(28)39-34-20-26(19-33(38-31)35(34)36)30-14-13-21-7-5-6-12-29(21)37-30;2*1-3-10-24-17-31-29(15-22(24)8-1)37-30-16-23-9-2-4-11-25(23)18-32(30)39-34-20-26(19-33(38-31)35(34)37)28-14-13-21-7-5-6-12-27(21)36-28;2*1-4(6)3-5(2)7;;;/h3*1-19H;2*3,6H,1-2H3;;;/q3*-1;;;;;. The molecule has 3 aromatic heterocycles. The Hall–Kier alpha value is -12.1. The van der Waals surface area contributed by atoms with Crippen molar-refractivity contribution in [3.05, 3.63) is 388 Å². The van der Waals surface area contributed by atoms with Crippen LogP contribution < -0.4 is 26.2 Å². The summed E-state index contributed by atoms with van der Waals surface area (Å²) >= 11 is 11.1. The first-order valence-corrected chi connectivity index (χ1v) is 48.0. The number of benzene rings is 18. The summed E-state index contributed by atoms with van der Waals surface area (Å²) < 4.78 is 0. The molecule has 21 aromatic rings. The van der Waals surface area contributed by atoms with Crippen molar-refractivity contribution in [3.8, 4) is 33.8 Å². The van der Waals surface area contributed by atoms with Crippen LogP contribution in [-0.4, -0.2) is 43.4 Å². The number of aromatic nitrogens is 3. The van der Waals surface area contributed by atoms with E-state index in [1.54, 1.807) is 0 Å². The fourth-order valence-electron chi connectivity index (χ4n) is 18.3. The van der Waals surface area contributed by atoms with Crippen molar-refractivity contribution in [3.63, 3.8) is 0 Å². The third kappa shape index (κ3) is 17.2. The van der Waals surface area contributed by atoms with E-state index in [4.69, 9.17) is 25.2 Å². The number of carbonyl (C=O) groups is 2. The Labute approximate surface area is 841 Å². The fraction of sp³-hybridized carbons (Fsp3) is 0.0348. The molecular formula is C115H73BIr3N5O4S6-3. The summed E-state index contributed by atoms with van der Waals surface area (Å²) in [5.74, 6) is -0.125. The minimum absolute atomic E-state index is 0. The summed E-state index contributed by atoms with van der Waals surface area (Å²) in [6.45, 7) is 5.88. The van der Waals surface area contributed by atoms with Gasteiger partial charge in [0.05, 0.1) is 50.8 Å². The van der Waals surface area contributed by atoms with Gasteiger partial charge in [-0.1, -0.05) is 269 Å². The van der Waals surface area contributed by atoms with Crippen LogP contribution in [0, 0.1) is 18.2 Å². The summed E-state index contributed by atoms with van der Waals surface area (Å²) in [4.78, 5) is 55.0. The number of carbonyl (C=O) groups excluding carboxylic acids is 2. The number of para-hydroxylation sites is 3. The second kappa shape index (κ2) is 37.6. The predicted molar refractivity (Wildman–Crippen MR) is 549 cm³/mol. The third-order valence-corrected chi connectivity index (χ3v) is 30.6. The van der Waals surface area contributed by atoms with Gasteiger partial charge >= 0.3 is 0 Å². The Kier molecular flexibility index (Phi) is 25.2. The zero-order valence-electron chi connectivity index (χ0n) is 72.0. The average molecular weight is 2370 g/mol. The van der Waals surface area contributed by atoms with Gasteiger partial charge in [-0.3, -0.25) is 24.5 Å². The number of anilines is 6. The maximum atomic E-state index is 10.0. The van der Waals surface area contributed by atoms with E-state index in [2.05, 4.69) is 362 Å². The number of hydrogen-bond acceptors (Lipinski definition) is 15. The normalized spacial score (nSPS) is 12.9. The van der Waals surface area contributed by atoms with Gasteiger partial charge in [-0.05, 0) is 235 Å². The summed E-state index contributed by atoms with van der Waals surface area (Å²) in [7, 11) is 0. The Morgan fingerprint density at radius 1 is 0.276 bits per heavy atom. The zero-order valence-corrected chi connectivity index (χ0v) is 84.1. The molecular weight excluding hydrogens is 2300 g/mol. The third-order valence-electron chi connectivity index (χ3n) is 24.1. The van der Waals surface area contributed by atoms with E-state index in [0.29, 0.717) is 0 Å². The molecule has 0 amide bonds. The van der Waals surface area contributed by atoms with E-state index in [0.717, 1.165) is 76.3 Å². The molecule has 134 heavy (non-hydrogen) atoms. The molecule has 0 spiro atoms. The minimum atomic E-state index is -0.125. The number of aliphatic hydroxyl groups excluding tert-OH is 2. The molecule has 27 rings (SSSR count). The maximum absolute atomic E-state index is 10.0. The molecule has 3 radical (unpaired) electrons. The van der Waals surface area contributed by atoms with Gasteiger partial charge in [0.15, 0.2) is 18.3 Å². The molecule has 651 valence electrons. The van der Waals surface area contributed by atoms with Crippen LogP contribution in [0.3, 0.4) is 0 Å². The van der Waals surface area contributed by atoms with Crippen molar-refractivity contribution in [1.29, 1.82) is 0 Å². The fourth-order valence-corrected chi connectivity index (χ4v) is 25.4. The van der Waals surface area contributed by atoms with E-state index >= 15 is 0 Å². The van der Waals surface area contributed by atoms with Gasteiger partial charge in [0.25, 0.3) is 0 Å². The molecule has 6 aliphatic heterocycles. The number of ketones is 2. The Morgan fingerprint density at radius 3 is 0.828 bits per heavy atom. The van der Waals surface area contributed by atoms with Crippen LogP contribution in [-0.2, 0) is 69.9 Å². The average Bonchev–Trinajstić information content (AvgIpc) is 0.721. The minimum Gasteiger partial charge on any atom is -0.512 e. The SMILES string of the molecule is CC(=O)C=C(C)O.CC(=O)C=C(C)O.[Ir].[Ir].[Ir].[c-]1c(-c2ccc3ccccc3n2)cc2c3c1Sc1cc4ccccc4cc1B3c1cc3ccccc3cc1S2.[c-]1c(-c2ccc3ccccc3n2)cc2c3c1Sc1cc4ccccc4cc1N3c1cc3ccccc3cc1S2.[c-]1c(-c2ccc3ccccc3n2)cc2c3c1Sc1cc4ccccc4cc1N3c1cc3ccccc3cc1S2. The number of nitrogens with zero attached hydrogens (tertiary/aromatic N) is 5. The van der Waals surface area contributed by atoms with Crippen molar-refractivity contribution in [2.75, 3.05) is 9.80 Å². The van der Waals surface area contributed by atoms with Gasteiger partial charge in [-0.2, -0.15) is 0 Å². The molecule has 0 fully saturated rings. The molecule has 9 nitrogen and oxygen atoms in total. The number of aliphatic hydroxyl groups is 2. The van der Waals surface area contributed by atoms with Gasteiger partial charge in [-0.15, -0.1) is 129 Å². The Balaban J connectivity index is 0.000000115. The van der Waals surface area contributed by atoms with Crippen molar-refractivity contribution in [2.45, 2.75) is 86.4 Å². The number of fused-ring (bicyclic) bond motifs is 21. The molecule has 18 aromatic carbocycles. The molecule has 0 bridgehead atoms. The quantitative estimate of drug-likeness (QED) is 0.0736. The second-order valence-electron chi connectivity index (χ2n) is 33.1. The van der Waals surface area contributed by atoms with E-state index in [1.165, 1.54) is 204 Å². The van der Waals surface area contributed by atoms with Crippen molar-refractivity contribution in [2.24, 2.45) is 0 Å². The Morgan fingerprint density at radius 2 is 0.522 bits per heavy atom. The van der Waals surface area contributed by atoms with Crippen molar-refractivity contribution >= 4 is 237 Å². The maximum Gasteiger partial charge on any atom is 0.195 e. The zero-order chi connectivity index (χ0) is 88.2. The van der Waals surface area contributed by atoms with Gasteiger partial charge < -0.3 is 20.0 Å². The molecule has 0 saturated carbocycles. The smallest absolute Gasteiger partial charge is 0.195 e. The largest absolute Gasteiger partial charge is 0.512 e. The first-order chi connectivity index (χ1) is 64.1. The van der Waals surface area contributed by atoms with Gasteiger partial charge in [0.2, 0.25) is 0 Å². The van der Waals surface area contributed by atoms with Crippen LogP contribution in [0.25, 0.3) is 131 Å². The van der Waals surface area contributed by atoms with Crippen LogP contribution in [0.1, 0.15) is 27.7 Å².